The van der Waals surface area contributed by atoms with E-state index in [9.17, 15) is 4.39 Å². The minimum atomic E-state index is -0.452. The second-order valence-corrected chi connectivity index (χ2v) is 1.89. The molecule has 0 aliphatic carbocycles. The van der Waals surface area contributed by atoms with Crippen molar-refractivity contribution in [3.8, 4) is 0 Å². The first-order valence-electron chi connectivity index (χ1n) is 5.16. The smallest absolute Gasteiger partial charge is 0.224 e. The first-order valence-corrected chi connectivity index (χ1v) is 5.16. The van der Waals surface area contributed by atoms with Crippen LogP contribution in [0.5, 0.6) is 0 Å². The van der Waals surface area contributed by atoms with E-state index >= 15 is 0 Å². The van der Waals surface area contributed by atoms with Gasteiger partial charge in [0.2, 0.25) is 5.95 Å². The van der Waals surface area contributed by atoms with Crippen molar-refractivity contribution >= 4 is 11.8 Å². The van der Waals surface area contributed by atoms with Crippen LogP contribution in [0, 0.1) is 5.82 Å². The van der Waals surface area contributed by atoms with Gasteiger partial charge in [0.25, 0.3) is 0 Å². The molecule has 0 spiro atoms. The van der Waals surface area contributed by atoms with Gasteiger partial charge in [-0.05, 0) is 0 Å². The Morgan fingerprint density at radius 3 is 2.00 bits per heavy atom. The molecule has 88 valence electrons. The van der Waals surface area contributed by atoms with Crippen molar-refractivity contribution in [3.05, 3.63) is 12.0 Å². The van der Waals surface area contributed by atoms with Crippen molar-refractivity contribution in [3.63, 3.8) is 0 Å². The van der Waals surface area contributed by atoms with Crippen LogP contribution in [-0.4, -0.2) is 24.1 Å². The normalized spacial score (nSPS) is 7.67. The minimum absolute atomic E-state index is 0.198. The van der Waals surface area contributed by atoms with Crippen molar-refractivity contribution in [1.29, 1.82) is 0 Å². The SMILES string of the molecule is CC.CC.CNc1ncc(F)c(NC)n1. The van der Waals surface area contributed by atoms with Gasteiger partial charge < -0.3 is 10.6 Å². The van der Waals surface area contributed by atoms with E-state index in [1.165, 1.54) is 0 Å². The van der Waals surface area contributed by atoms with Gasteiger partial charge in [0.05, 0.1) is 6.20 Å². The summed E-state index contributed by atoms with van der Waals surface area (Å²) >= 11 is 0. The standard InChI is InChI=1S/C6H9FN4.2C2H6/c1-8-5-4(7)3-10-6(9-2)11-5;2*1-2/h3H,1-2H3,(H2,8,9,10,11);2*1-2H3. The van der Waals surface area contributed by atoms with Gasteiger partial charge in [-0.1, -0.05) is 27.7 Å². The maximum absolute atomic E-state index is 12.7. The molecule has 15 heavy (non-hydrogen) atoms. The zero-order valence-electron chi connectivity index (χ0n) is 10.3. The second kappa shape index (κ2) is 10.7. The molecular weight excluding hydrogens is 195 g/mol. The van der Waals surface area contributed by atoms with E-state index in [4.69, 9.17) is 0 Å². The van der Waals surface area contributed by atoms with E-state index in [1.807, 2.05) is 27.7 Å². The van der Waals surface area contributed by atoms with E-state index in [0.717, 1.165) is 6.20 Å². The lowest BCUT2D eigenvalue weighted by molar-refractivity contribution is 0.619. The molecule has 0 radical (unpaired) electrons. The fourth-order valence-electron chi connectivity index (χ4n) is 0.663. The van der Waals surface area contributed by atoms with Crippen molar-refractivity contribution < 1.29 is 4.39 Å². The molecule has 4 nitrogen and oxygen atoms in total. The number of nitrogens with one attached hydrogen (secondary N) is 2. The highest BCUT2D eigenvalue weighted by Crippen LogP contribution is 2.09. The molecule has 0 amide bonds. The number of hydrogen-bond donors (Lipinski definition) is 2. The van der Waals surface area contributed by atoms with E-state index in [-0.39, 0.29) is 5.82 Å². The first kappa shape index (κ1) is 16.1. The number of halogens is 1. The molecule has 0 atom stereocenters. The molecule has 0 unspecified atom stereocenters. The molecule has 0 fully saturated rings. The summed E-state index contributed by atoms with van der Waals surface area (Å²) in [7, 11) is 3.28. The third-order valence-corrected chi connectivity index (χ3v) is 1.20. The minimum Gasteiger partial charge on any atom is -0.371 e. The van der Waals surface area contributed by atoms with Crippen LogP contribution in [0.4, 0.5) is 16.2 Å². The fourth-order valence-corrected chi connectivity index (χ4v) is 0.663. The van der Waals surface area contributed by atoms with Crippen LogP contribution in [0.2, 0.25) is 0 Å². The van der Waals surface area contributed by atoms with Gasteiger partial charge >= 0.3 is 0 Å². The molecule has 5 heteroatoms. The average Bonchev–Trinajstić information content (AvgIpc) is 2.35. The van der Waals surface area contributed by atoms with Crippen molar-refractivity contribution in [2.75, 3.05) is 24.7 Å². The lowest BCUT2D eigenvalue weighted by Gasteiger charge is -2.02. The highest BCUT2D eigenvalue weighted by atomic mass is 19.1. The Hall–Kier alpha value is -1.39. The van der Waals surface area contributed by atoms with Crippen molar-refractivity contribution in [2.24, 2.45) is 0 Å². The van der Waals surface area contributed by atoms with E-state index in [0.29, 0.717) is 5.95 Å². The summed E-state index contributed by atoms with van der Waals surface area (Å²) in [5.74, 6) is 0.145. The summed E-state index contributed by atoms with van der Waals surface area (Å²) in [4.78, 5) is 7.47. The van der Waals surface area contributed by atoms with Gasteiger partial charge in [-0.15, -0.1) is 0 Å². The highest BCUT2D eigenvalue weighted by molar-refractivity contribution is 5.39. The summed E-state index contributed by atoms with van der Waals surface area (Å²) in [6.07, 6.45) is 1.12. The molecule has 1 rings (SSSR count). The Balaban J connectivity index is 0. The summed E-state index contributed by atoms with van der Waals surface area (Å²) in [6.45, 7) is 8.00. The van der Waals surface area contributed by atoms with Gasteiger partial charge in [-0.2, -0.15) is 4.98 Å². The molecule has 1 aromatic rings. The molecule has 0 saturated heterocycles. The highest BCUT2D eigenvalue weighted by Gasteiger charge is 2.02. The Morgan fingerprint density at radius 2 is 1.60 bits per heavy atom. The van der Waals surface area contributed by atoms with Crippen LogP contribution in [0.25, 0.3) is 0 Å². The third-order valence-electron chi connectivity index (χ3n) is 1.20. The van der Waals surface area contributed by atoms with Gasteiger partial charge in [0.15, 0.2) is 11.6 Å². The molecule has 0 aliphatic rings. The number of aromatic nitrogens is 2. The second-order valence-electron chi connectivity index (χ2n) is 1.89. The van der Waals surface area contributed by atoms with Crippen molar-refractivity contribution in [2.45, 2.75) is 27.7 Å². The van der Waals surface area contributed by atoms with Gasteiger partial charge in [-0.3, -0.25) is 0 Å². The predicted molar refractivity (Wildman–Crippen MR) is 63.8 cm³/mol. The summed E-state index contributed by atoms with van der Waals surface area (Å²) in [6, 6.07) is 0. The summed E-state index contributed by atoms with van der Waals surface area (Å²) in [5, 5.41) is 5.30. The Bertz CT molecular complexity index is 253. The van der Waals surface area contributed by atoms with Crippen LogP contribution < -0.4 is 10.6 Å². The van der Waals surface area contributed by atoms with Crippen LogP contribution >= 0.6 is 0 Å². The first-order chi connectivity index (χ1) is 7.27. The molecule has 2 N–H and O–H groups in total. The number of hydrogen-bond acceptors (Lipinski definition) is 4. The lowest BCUT2D eigenvalue weighted by Crippen LogP contribution is -2.02. The van der Waals surface area contributed by atoms with Gasteiger partial charge in [0, 0.05) is 14.1 Å². The van der Waals surface area contributed by atoms with Gasteiger partial charge in [0.1, 0.15) is 0 Å². The molecule has 0 bridgehead atoms. The van der Waals surface area contributed by atoms with Crippen LogP contribution in [0.1, 0.15) is 27.7 Å². The molecule has 1 heterocycles. The maximum atomic E-state index is 12.7. The Morgan fingerprint density at radius 1 is 1.07 bits per heavy atom. The largest absolute Gasteiger partial charge is 0.371 e. The Labute approximate surface area is 91.3 Å². The molecular formula is C10H21FN4. The Kier molecular flexibility index (Phi) is 11.4. The molecule has 0 aromatic carbocycles. The van der Waals surface area contributed by atoms with Crippen LogP contribution in [0.3, 0.4) is 0 Å². The molecule has 0 aliphatic heterocycles. The molecule has 0 saturated carbocycles. The number of nitrogens with zero attached hydrogens (tertiary/aromatic N) is 2. The summed E-state index contributed by atoms with van der Waals surface area (Å²) < 4.78 is 12.7. The topological polar surface area (TPSA) is 49.8 Å². The quantitative estimate of drug-likeness (QED) is 0.798. The average molecular weight is 216 g/mol. The fraction of sp³-hybridized carbons (Fsp3) is 0.600. The predicted octanol–water partition coefficient (Wildman–Crippen LogP) is 2.75. The van der Waals surface area contributed by atoms with E-state index in [1.54, 1.807) is 14.1 Å². The molecule has 1 aromatic heterocycles. The maximum Gasteiger partial charge on any atom is 0.224 e. The number of rotatable bonds is 2. The van der Waals surface area contributed by atoms with E-state index < -0.39 is 5.82 Å². The van der Waals surface area contributed by atoms with Crippen LogP contribution in [0.15, 0.2) is 6.20 Å². The monoisotopic (exact) mass is 216 g/mol. The third kappa shape index (κ3) is 5.83. The zero-order valence-corrected chi connectivity index (χ0v) is 10.3. The van der Waals surface area contributed by atoms with Crippen LogP contribution in [-0.2, 0) is 0 Å². The van der Waals surface area contributed by atoms with Crippen molar-refractivity contribution in [1.82, 2.24) is 9.97 Å². The zero-order chi connectivity index (χ0) is 12.3. The van der Waals surface area contributed by atoms with E-state index in [2.05, 4.69) is 20.6 Å². The van der Waals surface area contributed by atoms with Gasteiger partial charge in [-0.25, -0.2) is 9.37 Å². The lowest BCUT2D eigenvalue weighted by atomic mass is 10.5. The number of anilines is 2. The summed E-state index contributed by atoms with van der Waals surface area (Å²) in [5.41, 5.74) is 0.